The van der Waals surface area contributed by atoms with Crippen LogP contribution < -0.4 is 0 Å². The molecular weight excluding hydrogens is 262 g/mol. The molecule has 0 saturated carbocycles. The Bertz CT molecular complexity index is 498. The van der Waals surface area contributed by atoms with E-state index in [9.17, 15) is 9.90 Å². The van der Waals surface area contributed by atoms with E-state index in [2.05, 4.69) is 13.0 Å². The molecule has 3 heteroatoms. The molecule has 1 fully saturated rings. The SMILES string of the molecule is CCC1CCC(=O)N(CC(O)c2cc(C)ccc2C)CC1. The van der Waals surface area contributed by atoms with Gasteiger partial charge in [0.25, 0.3) is 0 Å². The molecule has 0 aromatic heterocycles. The number of likely N-dealkylation sites (tertiary alicyclic amines) is 1. The summed E-state index contributed by atoms with van der Waals surface area (Å²) in [5.74, 6) is 0.840. The molecule has 1 N–H and O–H groups in total. The third kappa shape index (κ3) is 4.07. The Labute approximate surface area is 128 Å². The Morgan fingerprint density at radius 2 is 2.10 bits per heavy atom. The Balaban J connectivity index is 2.05. The van der Waals surface area contributed by atoms with Crippen LogP contribution in [0.1, 0.15) is 55.4 Å². The number of β-amino-alcohol motifs (C(OH)–C–C–N with tert-alkyl or cyclic N) is 1. The van der Waals surface area contributed by atoms with Gasteiger partial charge in [-0.1, -0.05) is 37.1 Å². The lowest BCUT2D eigenvalue weighted by Crippen LogP contribution is -2.34. The first-order valence-electron chi connectivity index (χ1n) is 8.04. The molecule has 1 aromatic rings. The summed E-state index contributed by atoms with van der Waals surface area (Å²) < 4.78 is 0. The molecule has 21 heavy (non-hydrogen) atoms. The van der Waals surface area contributed by atoms with Crippen LogP contribution in [-0.4, -0.2) is 29.0 Å². The summed E-state index contributed by atoms with van der Waals surface area (Å²) in [7, 11) is 0. The molecule has 116 valence electrons. The van der Waals surface area contributed by atoms with Crippen molar-refractivity contribution in [3.05, 3.63) is 34.9 Å². The normalized spacial score (nSPS) is 21.2. The fourth-order valence-electron chi connectivity index (χ4n) is 3.12. The molecule has 0 aliphatic carbocycles. The highest BCUT2D eigenvalue weighted by Gasteiger charge is 2.24. The van der Waals surface area contributed by atoms with E-state index in [-0.39, 0.29) is 5.91 Å². The van der Waals surface area contributed by atoms with E-state index in [4.69, 9.17) is 0 Å². The van der Waals surface area contributed by atoms with Crippen LogP contribution in [0, 0.1) is 19.8 Å². The van der Waals surface area contributed by atoms with E-state index in [0.29, 0.717) is 18.9 Å². The first-order chi connectivity index (χ1) is 10.0. The lowest BCUT2D eigenvalue weighted by molar-refractivity contribution is -0.132. The van der Waals surface area contributed by atoms with Gasteiger partial charge in [-0.15, -0.1) is 0 Å². The number of aliphatic hydroxyl groups is 1. The quantitative estimate of drug-likeness (QED) is 0.923. The predicted octanol–water partition coefficient (Wildman–Crippen LogP) is 3.38. The largest absolute Gasteiger partial charge is 0.387 e. The second-order valence-electron chi connectivity index (χ2n) is 6.32. The van der Waals surface area contributed by atoms with Crippen molar-refractivity contribution >= 4 is 5.91 Å². The third-order valence-electron chi connectivity index (χ3n) is 4.69. The zero-order valence-electron chi connectivity index (χ0n) is 13.4. The minimum Gasteiger partial charge on any atom is -0.387 e. The Morgan fingerprint density at radius 1 is 1.33 bits per heavy atom. The van der Waals surface area contributed by atoms with Crippen molar-refractivity contribution in [1.29, 1.82) is 0 Å². The number of amides is 1. The first-order valence-corrected chi connectivity index (χ1v) is 8.04. The molecular formula is C18H27NO2. The number of carbonyl (C=O) groups is 1. The first kappa shape index (κ1) is 16.0. The molecule has 3 nitrogen and oxygen atoms in total. The summed E-state index contributed by atoms with van der Waals surface area (Å²) in [4.78, 5) is 14.1. The molecule has 1 aliphatic heterocycles. The van der Waals surface area contributed by atoms with Gasteiger partial charge in [-0.05, 0) is 43.7 Å². The van der Waals surface area contributed by atoms with Gasteiger partial charge in [0.2, 0.25) is 5.91 Å². The average Bonchev–Trinajstić information content (AvgIpc) is 2.64. The number of rotatable bonds is 4. The lowest BCUT2D eigenvalue weighted by Gasteiger charge is -2.25. The molecule has 0 spiro atoms. The summed E-state index contributed by atoms with van der Waals surface area (Å²) in [5, 5.41) is 10.5. The number of aliphatic hydroxyl groups excluding tert-OH is 1. The monoisotopic (exact) mass is 289 g/mol. The third-order valence-corrected chi connectivity index (χ3v) is 4.69. The molecule has 0 bridgehead atoms. The number of hydrogen-bond donors (Lipinski definition) is 1. The number of hydrogen-bond acceptors (Lipinski definition) is 2. The maximum atomic E-state index is 12.2. The van der Waals surface area contributed by atoms with Gasteiger partial charge in [0.05, 0.1) is 12.6 Å². The van der Waals surface area contributed by atoms with Crippen molar-refractivity contribution in [3.8, 4) is 0 Å². The minimum atomic E-state index is -0.591. The van der Waals surface area contributed by atoms with E-state index in [0.717, 1.165) is 42.5 Å². The number of benzene rings is 1. The highest BCUT2D eigenvalue weighted by Crippen LogP contribution is 2.24. The topological polar surface area (TPSA) is 40.5 Å². The summed E-state index contributed by atoms with van der Waals surface area (Å²) in [6.45, 7) is 7.42. The second-order valence-corrected chi connectivity index (χ2v) is 6.32. The van der Waals surface area contributed by atoms with Gasteiger partial charge < -0.3 is 10.0 Å². The smallest absolute Gasteiger partial charge is 0.222 e. The Hall–Kier alpha value is -1.35. The molecule has 1 amide bonds. The van der Waals surface area contributed by atoms with E-state index < -0.39 is 6.10 Å². The molecule has 2 unspecified atom stereocenters. The van der Waals surface area contributed by atoms with Crippen LogP contribution in [0.2, 0.25) is 0 Å². The van der Waals surface area contributed by atoms with Crippen molar-refractivity contribution in [2.75, 3.05) is 13.1 Å². The zero-order chi connectivity index (χ0) is 15.4. The summed E-state index contributed by atoms with van der Waals surface area (Å²) in [6, 6.07) is 6.11. The fourth-order valence-corrected chi connectivity index (χ4v) is 3.12. The van der Waals surface area contributed by atoms with Crippen molar-refractivity contribution in [2.24, 2.45) is 5.92 Å². The van der Waals surface area contributed by atoms with Gasteiger partial charge in [-0.3, -0.25) is 4.79 Å². The van der Waals surface area contributed by atoms with Gasteiger partial charge in [-0.25, -0.2) is 0 Å². The Kier molecular flexibility index (Phi) is 5.40. The van der Waals surface area contributed by atoms with Crippen LogP contribution in [0.3, 0.4) is 0 Å². The van der Waals surface area contributed by atoms with Gasteiger partial charge in [0.1, 0.15) is 0 Å². The van der Waals surface area contributed by atoms with Crippen molar-refractivity contribution in [3.63, 3.8) is 0 Å². The number of aryl methyl sites for hydroxylation is 2. The van der Waals surface area contributed by atoms with Crippen molar-refractivity contribution < 1.29 is 9.90 Å². The van der Waals surface area contributed by atoms with Gasteiger partial charge in [0, 0.05) is 13.0 Å². The molecule has 1 aliphatic rings. The van der Waals surface area contributed by atoms with Crippen LogP contribution >= 0.6 is 0 Å². The maximum absolute atomic E-state index is 12.2. The standard InChI is InChI=1S/C18H27NO2/c1-4-15-7-8-18(21)19(10-9-15)12-17(20)16-11-13(2)5-6-14(16)3/h5-6,11,15,17,20H,4,7-10,12H2,1-3H3. The van der Waals surface area contributed by atoms with E-state index >= 15 is 0 Å². The van der Waals surface area contributed by atoms with Crippen LogP contribution in [0.15, 0.2) is 18.2 Å². The molecule has 0 radical (unpaired) electrons. The maximum Gasteiger partial charge on any atom is 0.222 e. The van der Waals surface area contributed by atoms with Crippen molar-refractivity contribution in [1.82, 2.24) is 4.90 Å². The summed E-state index contributed by atoms with van der Waals surface area (Å²) in [6.07, 6.45) is 3.22. The van der Waals surface area contributed by atoms with E-state index in [1.54, 1.807) is 0 Å². The second kappa shape index (κ2) is 7.08. The van der Waals surface area contributed by atoms with Gasteiger partial charge in [-0.2, -0.15) is 0 Å². The summed E-state index contributed by atoms with van der Waals surface area (Å²) in [5.41, 5.74) is 3.17. The number of carbonyl (C=O) groups excluding carboxylic acids is 1. The lowest BCUT2D eigenvalue weighted by atomic mass is 9.98. The molecule has 2 atom stereocenters. The summed E-state index contributed by atoms with van der Waals surface area (Å²) >= 11 is 0. The highest BCUT2D eigenvalue weighted by atomic mass is 16.3. The molecule has 1 aromatic carbocycles. The van der Waals surface area contributed by atoms with Gasteiger partial charge in [0.15, 0.2) is 0 Å². The molecule has 1 saturated heterocycles. The van der Waals surface area contributed by atoms with Crippen LogP contribution in [0.5, 0.6) is 0 Å². The molecule has 1 heterocycles. The zero-order valence-corrected chi connectivity index (χ0v) is 13.4. The van der Waals surface area contributed by atoms with Crippen LogP contribution in [0.4, 0.5) is 0 Å². The Morgan fingerprint density at radius 3 is 2.81 bits per heavy atom. The van der Waals surface area contributed by atoms with Crippen LogP contribution in [-0.2, 0) is 4.79 Å². The average molecular weight is 289 g/mol. The van der Waals surface area contributed by atoms with Gasteiger partial charge >= 0.3 is 0 Å². The van der Waals surface area contributed by atoms with E-state index in [1.807, 2.05) is 30.9 Å². The van der Waals surface area contributed by atoms with Crippen LogP contribution in [0.25, 0.3) is 0 Å². The van der Waals surface area contributed by atoms with Crippen molar-refractivity contribution in [2.45, 2.75) is 52.6 Å². The molecule has 2 rings (SSSR count). The van der Waals surface area contributed by atoms with E-state index in [1.165, 1.54) is 0 Å². The minimum absolute atomic E-state index is 0.190. The number of nitrogens with zero attached hydrogens (tertiary/aromatic N) is 1. The fraction of sp³-hybridized carbons (Fsp3) is 0.611. The highest BCUT2D eigenvalue weighted by molar-refractivity contribution is 5.76. The predicted molar refractivity (Wildman–Crippen MR) is 85.1 cm³/mol.